The molecular formula is C30H46O5Si. The van der Waals surface area contributed by atoms with Crippen molar-refractivity contribution in [2.45, 2.75) is 97.1 Å². The third-order valence-corrected chi connectivity index (χ3v) is 11.8. The average molecular weight is 515 g/mol. The Morgan fingerprint density at radius 3 is 2.39 bits per heavy atom. The quantitative estimate of drug-likeness (QED) is 0.126. The number of methoxy groups -OCH3 is 1. The van der Waals surface area contributed by atoms with Gasteiger partial charge in [0, 0.05) is 24.7 Å². The Bertz CT molecular complexity index is 908. The minimum Gasteiger partial charge on any atom is -0.497 e. The number of carbonyl (C=O) groups excluding carboxylic acids is 2. The normalized spacial score (nSPS) is 21.1. The number of ether oxygens (including phenoxy) is 2. The molecule has 2 rings (SSSR count). The molecule has 0 spiro atoms. The van der Waals surface area contributed by atoms with Gasteiger partial charge in [-0.25, -0.2) is 0 Å². The van der Waals surface area contributed by atoms with Crippen LogP contribution in [0.2, 0.25) is 18.1 Å². The number of ketones is 1. The summed E-state index contributed by atoms with van der Waals surface area (Å²) in [4.78, 5) is 24.8. The molecule has 3 atom stereocenters. The van der Waals surface area contributed by atoms with Gasteiger partial charge in [0.15, 0.2) is 8.32 Å². The molecule has 0 aliphatic heterocycles. The Morgan fingerprint density at radius 1 is 1.14 bits per heavy atom. The molecule has 1 aliphatic rings. The molecule has 0 heterocycles. The lowest BCUT2D eigenvalue weighted by Gasteiger charge is -2.39. The molecule has 0 amide bonds. The van der Waals surface area contributed by atoms with E-state index in [0.717, 1.165) is 24.2 Å². The number of Topliss-reactive ketones (excluding diaryl/α,β-unsaturated/α-hetero) is 1. The molecule has 1 aromatic rings. The van der Waals surface area contributed by atoms with Crippen molar-refractivity contribution in [3.05, 3.63) is 48.1 Å². The summed E-state index contributed by atoms with van der Waals surface area (Å²) in [6, 6.07) is 7.94. The topological polar surface area (TPSA) is 61.8 Å². The van der Waals surface area contributed by atoms with E-state index in [4.69, 9.17) is 13.9 Å². The second kappa shape index (κ2) is 13.4. The molecule has 0 radical (unpaired) electrons. The number of benzene rings is 1. The predicted molar refractivity (Wildman–Crippen MR) is 150 cm³/mol. The van der Waals surface area contributed by atoms with Crippen LogP contribution in [0.3, 0.4) is 0 Å². The number of allylic oxidation sites excluding steroid dienone is 2. The van der Waals surface area contributed by atoms with Crippen LogP contribution in [0.5, 0.6) is 5.75 Å². The smallest absolute Gasteiger partial charge is 0.306 e. The first-order valence-corrected chi connectivity index (χ1v) is 16.1. The zero-order valence-corrected chi connectivity index (χ0v) is 24.5. The summed E-state index contributed by atoms with van der Waals surface area (Å²) in [5.41, 5.74) is 1.07. The van der Waals surface area contributed by atoms with E-state index in [1.807, 2.05) is 38.1 Å². The SMILES string of the molecule is COc1ccc(C=C[C@@H]2C(C/C=C\CCCC(=O)OC(C)C)C(=O)C[C@H]2O[Si](C)(C)C(C)(C)C)cc1. The first-order chi connectivity index (χ1) is 16.8. The number of hydrogen-bond acceptors (Lipinski definition) is 5. The summed E-state index contributed by atoms with van der Waals surface area (Å²) in [5, 5.41) is 0.0784. The van der Waals surface area contributed by atoms with Crippen LogP contribution >= 0.6 is 0 Å². The Balaban J connectivity index is 2.11. The highest BCUT2D eigenvalue weighted by Crippen LogP contribution is 2.43. The maximum Gasteiger partial charge on any atom is 0.306 e. The Labute approximate surface area is 219 Å². The maximum absolute atomic E-state index is 13.1. The largest absolute Gasteiger partial charge is 0.497 e. The number of esters is 1. The van der Waals surface area contributed by atoms with E-state index in [1.165, 1.54) is 0 Å². The average Bonchev–Trinajstić information content (AvgIpc) is 3.06. The first kappa shape index (κ1) is 30.0. The summed E-state index contributed by atoms with van der Waals surface area (Å²) < 4.78 is 17.2. The van der Waals surface area contributed by atoms with E-state index in [-0.39, 0.29) is 40.8 Å². The van der Waals surface area contributed by atoms with Crippen molar-refractivity contribution in [1.29, 1.82) is 0 Å². The van der Waals surface area contributed by atoms with Crippen LogP contribution in [0, 0.1) is 11.8 Å². The van der Waals surface area contributed by atoms with Gasteiger partial charge < -0.3 is 13.9 Å². The Hall–Kier alpha value is -2.18. The van der Waals surface area contributed by atoms with Crippen molar-refractivity contribution in [3.8, 4) is 5.75 Å². The molecule has 0 aromatic heterocycles. The molecular weight excluding hydrogens is 468 g/mol. The highest BCUT2D eigenvalue weighted by molar-refractivity contribution is 6.74. The molecule has 200 valence electrons. The molecule has 1 fully saturated rings. The summed E-state index contributed by atoms with van der Waals surface area (Å²) in [6.07, 6.45) is 11.4. The summed E-state index contributed by atoms with van der Waals surface area (Å²) in [5.74, 6) is 0.866. The predicted octanol–water partition coefficient (Wildman–Crippen LogP) is 7.37. The van der Waals surface area contributed by atoms with Crippen LogP contribution in [0.15, 0.2) is 42.5 Å². The zero-order valence-electron chi connectivity index (χ0n) is 23.5. The van der Waals surface area contributed by atoms with Crippen molar-refractivity contribution >= 4 is 26.1 Å². The van der Waals surface area contributed by atoms with Crippen LogP contribution < -0.4 is 4.74 Å². The molecule has 36 heavy (non-hydrogen) atoms. The molecule has 1 aliphatic carbocycles. The van der Waals surface area contributed by atoms with Crippen molar-refractivity contribution in [2.75, 3.05) is 7.11 Å². The lowest BCUT2D eigenvalue weighted by Crippen LogP contribution is -2.45. The lowest BCUT2D eigenvalue weighted by atomic mass is 9.90. The highest BCUT2D eigenvalue weighted by Gasteiger charge is 2.46. The van der Waals surface area contributed by atoms with Gasteiger partial charge in [0.05, 0.1) is 19.3 Å². The molecule has 0 N–H and O–H groups in total. The van der Waals surface area contributed by atoms with Crippen molar-refractivity contribution in [3.63, 3.8) is 0 Å². The molecule has 1 aromatic carbocycles. The van der Waals surface area contributed by atoms with E-state index in [0.29, 0.717) is 19.3 Å². The van der Waals surface area contributed by atoms with Gasteiger partial charge >= 0.3 is 5.97 Å². The van der Waals surface area contributed by atoms with Gasteiger partial charge in [-0.15, -0.1) is 0 Å². The number of hydrogen-bond donors (Lipinski definition) is 0. The second-order valence-corrected chi connectivity index (χ2v) is 16.3. The number of carbonyl (C=O) groups is 2. The molecule has 1 saturated carbocycles. The standard InChI is InChI=1S/C30H46O5Si/c1-22(2)34-29(32)14-12-10-9-11-13-25-26(20-17-23-15-18-24(33-6)19-16-23)28(21-27(25)31)35-36(7,8)30(3,4)5/h9,11,15-20,22,25-26,28H,10,12-14,21H2,1-8H3/b11-9-,20-17?/t25?,26-,28-/m1/s1. The fraction of sp³-hybridized carbons (Fsp3) is 0.600. The van der Waals surface area contributed by atoms with E-state index in [2.05, 4.69) is 58.2 Å². The van der Waals surface area contributed by atoms with E-state index < -0.39 is 8.32 Å². The molecule has 6 heteroatoms. The number of unbranched alkanes of at least 4 members (excludes halogenated alkanes) is 1. The van der Waals surface area contributed by atoms with E-state index in [9.17, 15) is 9.59 Å². The monoisotopic (exact) mass is 514 g/mol. The molecule has 1 unspecified atom stereocenters. The molecule has 0 saturated heterocycles. The highest BCUT2D eigenvalue weighted by atomic mass is 28.4. The lowest BCUT2D eigenvalue weighted by molar-refractivity contribution is -0.147. The fourth-order valence-electron chi connectivity index (χ4n) is 4.17. The van der Waals surface area contributed by atoms with Crippen LogP contribution in [0.4, 0.5) is 0 Å². The minimum absolute atomic E-state index is 0.0272. The van der Waals surface area contributed by atoms with Crippen LogP contribution in [0.25, 0.3) is 6.08 Å². The van der Waals surface area contributed by atoms with Gasteiger partial charge in [0.1, 0.15) is 11.5 Å². The van der Waals surface area contributed by atoms with E-state index >= 15 is 0 Å². The van der Waals surface area contributed by atoms with Crippen LogP contribution in [-0.4, -0.2) is 39.4 Å². The third kappa shape index (κ3) is 9.04. The van der Waals surface area contributed by atoms with Gasteiger partial charge in [-0.1, -0.05) is 57.2 Å². The zero-order chi connectivity index (χ0) is 26.9. The van der Waals surface area contributed by atoms with Gasteiger partial charge in [0.2, 0.25) is 0 Å². The Kier molecular flexibility index (Phi) is 11.2. The van der Waals surface area contributed by atoms with Gasteiger partial charge in [0.25, 0.3) is 0 Å². The molecule has 0 bridgehead atoms. The summed E-state index contributed by atoms with van der Waals surface area (Å²) in [7, 11) is -0.368. The van der Waals surface area contributed by atoms with Crippen LogP contribution in [0.1, 0.15) is 72.3 Å². The van der Waals surface area contributed by atoms with Gasteiger partial charge in [-0.2, -0.15) is 0 Å². The third-order valence-electron chi connectivity index (χ3n) is 7.26. The van der Waals surface area contributed by atoms with Crippen LogP contribution in [-0.2, 0) is 18.8 Å². The first-order valence-electron chi connectivity index (χ1n) is 13.2. The van der Waals surface area contributed by atoms with Crippen molar-refractivity contribution in [1.82, 2.24) is 0 Å². The van der Waals surface area contributed by atoms with Crippen molar-refractivity contribution in [2.24, 2.45) is 11.8 Å². The Morgan fingerprint density at radius 2 is 1.81 bits per heavy atom. The minimum atomic E-state index is -2.03. The summed E-state index contributed by atoms with van der Waals surface area (Å²) >= 11 is 0. The maximum atomic E-state index is 13.1. The summed E-state index contributed by atoms with van der Waals surface area (Å²) in [6.45, 7) is 14.9. The second-order valence-electron chi connectivity index (χ2n) is 11.5. The van der Waals surface area contributed by atoms with Crippen molar-refractivity contribution < 1.29 is 23.5 Å². The van der Waals surface area contributed by atoms with Gasteiger partial charge in [-0.3, -0.25) is 9.59 Å². The number of rotatable bonds is 12. The molecule has 5 nitrogen and oxygen atoms in total. The van der Waals surface area contributed by atoms with Gasteiger partial charge in [-0.05, 0) is 68.9 Å². The fourth-order valence-corrected chi connectivity index (χ4v) is 5.52. The van der Waals surface area contributed by atoms with E-state index in [1.54, 1.807) is 7.11 Å².